The van der Waals surface area contributed by atoms with Crippen molar-refractivity contribution in [1.29, 1.82) is 0 Å². The molecule has 1 aromatic rings. The Morgan fingerprint density at radius 1 is 1.50 bits per heavy atom. The molecule has 0 saturated heterocycles. The molecule has 0 bridgehead atoms. The van der Waals surface area contributed by atoms with Crippen molar-refractivity contribution in [2.24, 2.45) is 11.7 Å². The van der Waals surface area contributed by atoms with Gasteiger partial charge in [0.25, 0.3) is 0 Å². The highest BCUT2D eigenvalue weighted by atomic mass is 19.1. The molecule has 1 atom stereocenters. The molecule has 0 amide bonds. The van der Waals surface area contributed by atoms with E-state index < -0.39 is 0 Å². The van der Waals surface area contributed by atoms with E-state index in [1.807, 2.05) is 0 Å². The van der Waals surface area contributed by atoms with E-state index in [1.54, 1.807) is 18.2 Å². The maximum atomic E-state index is 13.7. The van der Waals surface area contributed by atoms with Crippen molar-refractivity contribution >= 4 is 0 Å². The van der Waals surface area contributed by atoms with Crippen LogP contribution in [0, 0.1) is 11.7 Å². The molecule has 1 fully saturated rings. The van der Waals surface area contributed by atoms with Crippen LogP contribution in [0.2, 0.25) is 0 Å². The lowest BCUT2D eigenvalue weighted by Crippen LogP contribution is -2.14. The molecule has 76 valence electrons. The number of halogens is 1. The summed E-state index contributed by atoms with van der Waals surface area (Å²) in [6, 6.07) is 4.95. The number of rotatable bonds is 3. The number of hydrogen-bond acceptors (Lipinski definition) is 2. The Morgan fingerprint density at radius 3 is 2.79 bits per heavy atom. The van der Waals surface area contributed by atoms with Crippen LogP contribution in [0.3, 0.4) is 0 Å². The Hall–Kier alpha value is -1.09. The molecule has 0 aromatic heterocycles. The van der Waals surface area contributed by atoms with Gasteiger partial charge in [-0.1, -0.05) is 12.1 Å². The summed E-state index contributed by atoms with van der Waals surface area (Å²) in [4.78, 5) is 0. The first-order valence-electron chi connectivity index (χ1n) is 4.82. The van der Waals surface area contributed by atoms with Crippen LogP contribution in [-0.4, -0.2) is 7.11 Å². The van der Waals surface area contributed by atoms with E-state index in [-0.39, 0.29) is 17.6 Å². The molecule has 0 aliphatic heterocycles. The van der Waals surface area contributed by atoms with Crippen LogP contribution >= 0.6 is 0 Å². The van der Waals surface area contributed by atoms with E-state index >= 15 is 0 Å². The molecule has 1 aromatic carbocycles. The van der Waals surface area contributed by atoms with Gasteiger partial charge in [-0.05, 0) is 24.8 Å². The van der Waals surface area contributed by atoms with E-state index in [0.29, 0.717) is 11.5 Å². The third-order valence-corrected chi connectivity index (χ3v) is 2.70. The van der Waals surface area contributed by atoms with Crippen LogP contribution in [-0.2, 0) is 0 Å². The Bertz CT molecular complexity index is 336. The summed E-state index contributed by atoms with van der Waals surface area (Å²) in [5.74, 6) is 0.421. The molecule has 0 heterocycles. The number of hydrogen-bond donors (Lipinski definition) is 1. The second kappa shape index (κ2) is 3.58. The van der Waals surface area contributed by atoms with Crippen molar-refractivity contribution in [3.8, 4) is 5.75 Å². The lowest BCUT2D eigenvalue weighted by molar-refractivity contribution is 0.381. The fourth-order valence-electron chi connectivity index (χ4n) is 1.65. The monoisotopic (exact) mass is 195 g/mol. The minimum atomic E-state index is -0.311. The average Bonchev–Trinajstić information content (AvgIpc) is 3.00. The maximum absolute atomic E-state index is 13.7. The first-order chi connectivity index (χ1) is 6.74. The SMILES string of the molecule is COc1cccc([C@@H](N)C2CC2)c1F. The molecule has 0 radical (unpaired) electrons. The second-order valence-electron chi connectivity index (χ2n) is 3.73. The van der Waals surface area contributed by atoms with E-state index in [9.17, 15) is 4.39 Å². The number of nitrogens with two attached hydrogens (primary N) is 1. The minimum Gasteiger partial charge on any atom is -0.494 e. The lowest BCUT2D eigenvalue weighted by atomic mass is 10.0. The molecule has 0 spiro atoms. The zero-order chi connectivity index (χ0) is 10.1. The third kappa shape index (κ3) is 1.60. The van der Waals surface area contributed by atoms with Gasteiger partial charge in [0.05, 0.1) is 7.11 Å². The van der Waals surface area contributed by atoms with Crippen LogP contribution in [0.15, 0.2) is 18.2 Å². The summed E-state index contributed by atoms with van der Waals surface area (Å²) in [5, 5.41) is 0. The van der Waals surface area contributed by atoms with Gasteiger partial charge in [-0.15, -0.1) is 0 Å². The average molecular weight is 195 g/mol. The molecule has 1 saturated carbocycles. The predicted octanol–water partition coefficient (Wildman–Crippen LogP) is 2.24. The van der Waals surface area contributed by atoms with E-state index in [1.165, 1.54) is 7.11 Å². The van der Waals surface area contributed by atoms with Crippen molar-refractivity contribution in [3.05, 3.63) is 29.6 Å². The van der Waals surface area contributed by atoms with Crippen molar-refractivity contribution in [1.82, 2.24) is 0 Å². The highest BCUT2D eigenvalue weighted by Crippen LogP contribution is 2.41. The summed E-state index contributed by atoms with van der Waals surface area (Å²) in [7, 11) is 1.46. The summed E-state index contributed by atoms with van der Waals surface area (Å²) in [6.07, 6.45) is 2.22. The number of benzene rings is 1. The minimum absolute atomic E-state index is 0.176. The first-order valence-corrected chi connectivity index (χ1v) is 4.82. The molecule has 0 unspecified atom stereocenters. The highest BCUT2D eigenvalue weighted by molar-refractivity contribution is 5.33. The van der Waals surface area contributed by atoms with Crippen LogP contribution in [0.25, 0.3) is 0 Å². The first kappa shape index (κ1) is 9.46. The van der Waals surface area contributed by atoms with Gasteiger partial charge < -0.3 is 10.5 Å². The van der Waals surface area contributed by atoms with Gasteiger partial charge in [-0.25, -0.2) is 4.39 Å². The topological polar surface area (TPSA) is 35.2 Å². The molecule has 1 aliphatic rings. The van der Waals surface area contributed by atoms with Gasteiger partial charge in [-0.2, -0.15) is 0 Å². The molecule has 3 heteroatoms. The number of methoxy groups -OCH3 is 1. The number of ether oxygens (including phenoxy) is 1. The normalized spacial score (nSPS) is 17.9. The van der Waals surface area contributed by atoms with Gasteiger partial charge in [0.1, 0.15) is 0 Å². The third-order valence-electron chi connectivity index (χ3n) is 2.70. The molecular formula is C11H14FNO. The van der Waals surface area contributed by atoms with E-state index in [4.69, 9.17) is 10.5 Å². The molecule has 2 rings (SSSR count). The van der Waals surface area contributed by atoms with Crippen LogP contribution in [0.4, 0.5) is 4.39 Å². The van der Waals surface area contributed by atoms with Crippen molar-refractivity contribution in [2.45, 2.75) is 18.9 Å². The predicted molar refractivity (Wildman–Crippen MR) is 52.6 cm³/mol. The van der Waals surface area contributed by atoms with E-state index in [2.05, 4.69) is 0 Å². The summed E-state index contributed by atoms with van der Waals surface area (Å²) >= 11 is 0. The van der Waals surface area contributed by atoms with Gasteiger partial charge in [0, 0.05) is 11.6 Å². The second-order valence-corrected chi connectivity index (χ2v) is 3.73. The van der Waals surface area contributed by atoms with Crippen LogP contribution in [0.1, 0.15) is 24.4 Å². The standard InChI is InChI=1S/C11H14FNO/c1-14-9-4-2-3-8(10(9)12)11(13)7-5-6-7/h2-4,7,11H,5-6,13H2,1H3/t11-/m0/s1. The Balaban J connectivity index is 2.31. The zero-order valence-electron chi connectivity index (χ0n) is 8.16. The lowest BCUT2D eigenvalue weighted by Gasteiger charge is -2.13. The van der Waals surface area contributed by atoms with Crippen LogP contribution < -0.4 is 10.5 Å². The Morgan fingerprint density at radius 2 is 2.21 bits per heavy atom. The quantitative estimate of drug-likeness (QED) is 0.802. The Labute approximate surface area is 82.9 Å². The van der Waals surface area contributed by atoms with Gasteiger partial charge in [0.15, 0.2) is 11.6 Å². The fraction of sp³-hybridized carbons (Fsp3) is 0.455. The summed E-state index contributed by atoms with van der Waals surface area (Å²) in [5.41, 5.74) is 6.50. The molecule has 2 nitrogen and oxygen atoms in total. The van der Waals surface area contributed by atoms with Crippen molar-refractivity contribution in [2.75, 3.05) is 7.11 Å². The molecule has 2 N–H and O–H groups in total. The van der Waals surface area contributed by atoms with Gasteiger partial charge in [0.2, 0.25) is 0 Å². The molecule has 14 heavy (non-hydrogen) atoms. The van der Waals surface area contributed by atoms with Gasteiger partial charge in [-0.3, -0.25) is 0 Å². The largest absolute Gasteiger partial charge is 0.494 e. The van der Waals surface area contributed by atoms with E-state index in [0.717, 1.165) is 12.8 Å². The zero-order valence-corrected chi connectivity index (χ0v) is 8.16. The van der Waals surface area contributed by atoms with Crippen molar-refractivity contribution in [3.63, 3.8) is 0 Å². The smallest absolute Gasteiger partial charge is 0.169 e. The highest BCUT2D eigenvalue weighted by Gasteiger charge is 2.31. The van der Waals surface area contributed by atoms with Crippen LogP contribution in [0.5, 0.6) is 5.75 Å². The fourth-order valence-corrected chi connectivity index (χ4v) is 1.65. The molecular weight excluding hydrogens is 181 g/mol. The van der Waals surface area contributed by atoms with Gasteiger partial charge >= 0.3 is 0 Å². The Kier molecular flexibility index (Phi) is 2.42. The molecule has 1 aliphatic carbocycles. The summed E-state index contributed by atoms with van der Waals surface area (Å²) in [6.45, 7) is 0. The maximum Gasteiger partial charge on any atom is 0.169 e. The van der Waals surface area contributed by atoms with Crippen molar-refractivity contribution < 1.29 is 9.13 Å². The summed E-state index contributed by atoms with van der Waals surface area (Å²) < 4.78 is 18.6.